The highest BCUT2D eigenvalue weighted by molar-refractivity contribution is 8.00. The molecule has 7 heteroatoms. The third-order valence-corrected chi connectivity index (χ3v) is 6.17. The van der Waals surface area contributed by atoms with Gasteiger partial charge in [-0.2, -0.15) is 0 Å². The van der Waals surface area contributed by atoms with Crippen LogP contribution in [0, 0.1) is 5.82 Å². The van der Waals surface area contributed by atoms with Crippen molar-refractivity contribution in [3.05, 3.63) is 101 Å². The van der Waals surface area contributed by atoms with Gasteiger partial charge in [-0.05, 0) is 49.7 Å². The molecule has 4 aromatic rings. The molecule has 2 atom stereocenters. The van der Waals surface area contributed by atoms with Crippen molar-refractivity contribution >= 4 is 28.6 Å². The van der Waals surface area contributed by atoms with Gasteiger partial charge >= 0.3 is 0 Å². The second-order valence-corrected chi connectivity index (χ2v) is 8.74. The number of rotatable bonds is 6. The summed E-state index contributed by atoms with van der Waals surface area (Å²) in [4.78, 5) is 30.8. The SMILES string of the molecule is CC(Sc1nc2ccccc2c(=O)n1-c1cccc(F)c1)C(=O)NC(C)c1ccccc1. The number of thioether (sulfide) groups is 1. The van der Waals surface area contributed by atoms with E-state index >= 15 is 0 Å². The zero-order valence-electron chi connectivity index (χ0n) is 17.7. The molecule has 0 aliphatic rings. The number of para-hydroxylation sites is 1. The summed E-state index contributed by atoms with van der Waals surface area (Å²) in [7, 11) is 0. The van der Waals surface area contributed by atoms with Crippen molar-refractivity contribution in [1.29, 1.82) is 0 Å². The lowest BCUT2D eigenvalue weighted by Crippen LogP contribution is -2.33. The van der Waals surface area contributed by atoms with E-state index in [0.717, 1.165) is 17.3 Å². The Morgan fingerprint density at radius 2 is 1.72 bits per heavy atom. The van der Waals surface area contributed by atoms with Crippen LogP contribution in [0.25, 0.3) is 16.6 Å². The van der Waals surface area contributed by atoms with Crippen LogP contribution in [-0.2, 0) is 4.79 Å². The number of aromatic nitrogens is 2. The Morgan fingerprint density at radius 3 is 2.47 bits per heavy atom. The minimum atomic E-state index is -0.533. The van der Waals surface area contributed by atoms with Crippen LogP contribution in [0.1, 0.15) is 25.5 Å². The summed E-state index contributed by atoms with van der Waals surface area (Å²) in [6, 6.07) is 22.3. The number of carbonyl (C=O) groups excluding carboxylic acids is 1. The highest BCUT2D eigenvalue weighted by Gasteiger charge is 2.22. The molecule has 1 heterocycles. The predicted molar refractivity (Wildman–Crippen MR) is 126 cm³/mol. The van der Waals surface area contributed by atoms with Gasteiger partial charge in [0, 0.05) is 0 Å². The maximum absolute atomic E-state index is 13.9. The Balaban J connectivity index is 1.68. The average molecular weight is 448 g/mol. The molecular weight excluding hydrogens is 425 g/mol. The Labute approximate surface area is 189 Å². The minimum Gasteiger partial charge on any atom is -0.349 e. The van der Waals surface area contributed by atoms with Gasteiger partial charge in [-0.15, -0.1) is 0 Å². The van der Waals surface area contributed by atoms with E-state index in [0.29, 0.717) is 21.7 Å². The molecule has 0 saturated heterocycles. The van der Waals surface area contributed by atoms with E-state index in [1.807, 2.05) is 37.3 Å². The summed E-state index contributed by atoms with van der Waals surface area (Å²) >= 11 is 1.16. The van der Waals surface area contributed by atoms with E-state index in [1.54, 1.807) is 43.3 Å². The number of nitrogens with zero attached hydrogens (tertiary/aromatic N) is 2. The summed E-state index contributed by atoms with van der Waals surface area (Å²) in [5.74, 6) is -0.638. The fourth-order valence-electron chi connectivity index (χ4n) is 3.40. The molecule has 0 bridgehead atoms. The third kappa shape index (κ3) is 4.57. The monoisotopic (exact) mass is 447 g/mol. The first-order valence-corrected chi connectivity index (χ1v) is 11.1. The largest absolute Gasteiger partial charge is 0.349 e. The third-order valence-electron chi connectivity index (χ3n) is 5.12. The Bertz CT molecular complexity index is 1320. The van der Waals surface area contributed by atoms with E-state index in [1.165, 1.54) is 16.7 Å². The van der Waals surface area contributed by atoms with E-state index in [2.05, 4.69) is 10.3 Å². The van der Waals surface area contributed by atoms with E-state index in [-0.39, 0.29) is 17.5 Å². The number of amides is 1. The molecule has 0 radical (unpaired) electrons. The zero-order valence-corrected chi connectivity index (χ0v) is 18.5. The molecule has 0 fully saturated rings. The predicted octanol–water partition coefficient (Wildman–Crippen LogP) is 4.88. The smallest absolute Gasteiger partial charge is 0.266 e. The maximum Gasteiger partial charge on any atom is 0.266 e. The van der Waals surface area contributed by atoms with Gasteiger partial charge in [0.05, 0.1) is 27.9 Å². The van der Waals surface area contributed by atoms with E-state index < -0.39 is 11.1 Å². The number of halogens is 1. The maximum atomic E-state index is 13.9. The van der Waals surface area contributed by atoms with Crippen LogP contribution in [0.15, 0.2) is 88.8 Å². The van der Waals surface area contributed by atoms with Gasteiger partial charge in [0.15, 0.2) is 5.16 Å². The highest BCUT2D eigenvalue weighted by Crippen LogP contribution is 2.26. The second kappa shape index (κ2) is 9.36. The van der Waals surface area contributed by atoms with Gasteiger partial charge in [-0.3, -0.25) is 14.2 Å². The van der Waals surface area contributed by atoms with E-state index in [9.17, 15) is 14.0 Å². The Kier molecular flexibility index (Phi) is 6.37. The first-order chi connectivity index (χ1) is 15.4. The summed E-state index contributed by atoms with van der Waals surface area (Å²) in [6.07, 6.45) is 0. The van der Waals surface area contributed by atoms with Crippen LogP contribution in [0.3, 0.4) is 0 Å². The topological polar surface area (TPSA) is 64.0 Å². The standard InChI is InChI=1S/C25H22FN3O2S/c1-16(18-9-4-3-5-10-18)27-23(30)17(2)32-25-28-22-14-7-6-13-21(22)24(31)29(25)20-12-8-11-19(26)15-20/h3-17H,1-2H3,(H,27,30). The van der Waals surface area contributed by atoms with Crippen molar-refractivity contribution in [1.82, 2.24) is 14.9 Å². The van der Waals surface area contributed by atoms with Gasteiger partial charge < -0.3 is 5.32 Å². The molecule has 0 spiro atoms. The minimum absolute atomic E-state index is 0.165. The molecule has 1 amide bonds. The van der Waals surface area contributed by atoms with Crippen LogP contribution in [-0.4, -0.2) is 20.7 Å². The van der Waals surface area contributed by atoms with Crippen molar-refractivity contribution in [2.24, 2.45) is 0 Å². The summed E-state index contributed by atoms with van der Waals surface area (Å²) in [5, 5.41) is 3.22. The number of benzene rings is 3. The molecule has 5 nitrogen and oxygen atoms in total. The molecule has 1 aromatic heterocycles. The van der Waals surface area contributed by atoms with Crippen LogP contribution in [0.2, 0.25) is 0 Å². The molecule has 4 rings (SSSR count). The zero-order chi connectivity index (χ0) is 22.7. The fourth-order valence-corrected chi connectivity index (χ4v) is 4.34. The van der Waals surface area contributed by atoms with Crippen molar-refractivity contribution in [3.63, 3.8) is 0 Å². The first-order valence-electron chi connectivity index (χ1n) is 10.2. The van der Waals surface area contributed by atoms with Gasteiger partial charge in [0.25, 0.3) is 5.56 Å². The lowest BCUT2D eigenvalue weighted by atomic mass is 10.1. The van der Waals surface area contributed by atoms with Crippen LogP contribution >= 0.6 is 11.8 Å². The fraction of sp³-hybridized carbons (Fsp3) is 0.160. The van der Waals surface area contributed by atoms with Crippen molar-refractivity contribution < 1.29 is 9.18 Å². The molecular formula is C25H22FN3O2S. The van der Waals surface area contributed by atoms with Crippen molar-refractivity contribution in [2.45, 2.75) is 30.3 Å². The van der Waals surface area contributed by atoms with Gasteiger partial charge in [-0.25, -0.2) is 9.37 Å². The molecule has 0 aliphatic heterocycles. The van der Waals surface area contributed by atoms with Crippen molar-refractivity contribution in [3.8, 4) is 5.69 Å². The normalized spacial score (nSPS) is 13.0. The van der Waals surface area contributed by atoms with Crippen LogP contribution in [0.5, 0.6) is 0 Å². The van der Waals surface area contributed by atoms with Gasteiger partial charge in [0.2, 0.25) is 5.91 Å². The lowest BCUT2D eigenvalue weighted by molar-refractivity contribution is -0.120. The van der Waals surface area contributed by atoms with Gasteiger partial charge in [-0.1, -0.05) is 60.3 Å². The lowest BCUT2D eigenvalue weighted by Gasteiger charge is -2.19. The number of hydrogen-bond acceptors (Lipinski definition) is 4. The molecule has 0 aliphatic carbocycles. The molecule has 0 saturated carbocycles. The number of fused-ring (bicyclic) bond motifs is 1. The molecule has 2 unspecified atom stereocenters. The summed E-state index contributed by atoms with van der Waals surface area (Å²) < 4.78 is 15.3. The molecule has 1 N–H and O–H groups in total. The number of carbonyl (C=O) groups is 1. The summed E-state index contributed by atoms with van der Waals surface area (Å²) in [5.41, 5.74) is 1.58. The molecule has 3 aromatic carbocycles. The van der Waals surface area contributed by atoms with Gasteiger partial charge in [0.1, 0.15) is 5.82 Å². The summed E-state index contributed by atoms with van der Waals surface area (Å²) in [6.45, 7) is 3.68. The molecule has 162 valence electrons. The Hall–Kier alpha value is -3.45. The first kappa shape index (κ1) is 21.8. The average Bonchev–Trinajstić information content (AvgIpc) is 2.79. The van der Waals surface area contributed by atoms with Crippen LogP contribution < -0.4 is 10.9 Å². The second-order valence-electron chi connectivity index (χ2n) is 7.43. The van der Waals surface area contributed by atoms with Crippen molar-refractivity contribution in [2.75, 3.05) is 0 Å². The highest BCUT2D eigenvalue weighted by atomic mass is 32.2. The quantitative estimate of drug-likeness (QED) is 0.338. The number of nitrogens with one attached hydrogen (secondary N) is 1. The van der Waals surface area contributed by atoms with Crippen LogP contribution in [0.4, 0.5) is 4.39 Å². The van der Waals surface area contributed by atoms with E-state index in [4.69, 9.17) is 0 Å². The number of hydrogen-bond donors (Lipinski definition) is 1. The molecule has 32 heavy (non-hydrogen) atoms. The Morgan fingerprint density at radius 1 is 1.00 bits per heavy atom.